The first kappa shape index (κ1) is 14.5. The van der Waals surface area contributed by atoms with E-state index in [9.17, 15) is 0 Å². The molecular weight excluding hydrogens is 274 g/mol. The molecule has 5 heteroatoms. The Morgan fingerprint density at radius 1 is 1.32 bits per heavy atom. The number of nitrogens with two attached hydrogens (primary N) is 1. The highest BCUT2D eigenvalue weighted by Gasteiger charge is 2.11. The fourth-order valence-electron chi connectivity index (χ4n) is 1.93. The summed E-state index contributed by atoms with van der Waals surface area (Å²) in [5, 5.41) is 5.53. The third-order valence-electron chi connectivity index (χ3n) is 2.77. The van der Waals surface area contributed by atoms with Gasteiger partial charge in [0.05, 0.1) is 10.7 Å². The molecule has 0 unspecified atom stereocenters. The summed E-state index contributed by atoms with van der Waals surface area (Å²) in [6, 6.07) is 8.48. The monoisotopic (exact) mass is 293 g/mol. The summed E-state index contributed by atoms with van der Waals surface area (Å²) in [5.74, 6) is 1.06. The van der Waals surface area contributed by atoms with Gasteiger partial charge in [-0.25, -0.2) is 0 Å². The number of thioether (sulfide) groups is 1. The maximum atomic E-state index is 5.93. The molecule has 0 spiro atoms. The molecule has 1 heterocycles. The predicted octanol–water partition coefficient (Wildman–Crippen LogP) is 3.45. The van der Waals surface area contributed by atoms with Crippen LogP contribution in [0.25, 0.3) is 0 Å². The number of hydrogen-bond donors (Lipinski definition) is 1. The summed E-state index contributed by atoms with van der Waals surface area (Å²) in [5.41, 5.74) is 8.20. The SMILES string of the molecule is CCSc1cccc(Sc2cc(C)nn2C)c1CN. The van der Waals surface area contributed by atoms with E-state index in [1.54, 1.807) is 11.8 Å². The van der Waals surface area contributed by atoms with Crippen LogP contribution in [-0.4, -0.2) is 15.5 Å². The highest BCUT2D eigenvalue weighted by Crippen LogP contribution is 2.35. The van der Waals surface area contributed by atoms with Crippen LogP contribution in [0.3, 0.4) is 0 Å². The molecule has 0 fully saturated rings. The first-order valence-corrected chi connectivity index (χ1v) is 8.09. The van der Waals surface area contributed by atoms with E-state index < -0.39 is 0 Å². The molecule has 0 aliphatic rings. The van der Waals surface area contributed by atoms with E-state index in [0.29, 0.717) is 6.54 Å². The third kappa shape index (κ3) is 3.35. The molecule has 3 nitrogen and oxygen atoms in total. The number of nitrogens with zero attached hydrogens (tertiary/aromatic N) is 2. The van der Waals surface area contributed by atoms with Crippen molar-refractivity contribution in [2.24, 2.45) is 12.8 Å². The molecule has 0 saturated heterocycles. The molecule has 0 radical (unpaired) electrons. The molecule has 19 heavy (non-hydrogen) atoms. The number of hydrogen-bond acceptors (Lipinski definition) is 4. The van der Waals surface area contributed by atoms with Gasteiger partial charge in [-0.15, -0.1) is 11.8 Å². The Labute approximate surface area is 123 Å². The molecule has 0 amide bonds. The Morgan fingerprint density at radius 2 is 2.05 bits per heavy atom. The number of rotatable bonds is 5. The molecule has 0 saturated carbocycles. The van der Waals surface area contributed by atoms with Crippen molar-refractivity contribution in [3.8, 4) is 0 Å². The zero-order valence-electron chi connectivity index (χ0n) is 11.5. The van der Waals surface area contributed by atoms with E-state index in [1.165, 1.54) is 15.4 Å². The van der Waals surface area contributed by atoms with Crippen molar-refractivity contribution in [3.05, 3.63) is 35.5 Å². The molecule has 1 aromatic heterocycles. The summed E-state index contributed by atoms with van der Waals surface area (Å²) in [4.78, 5) is 2.51. The molecular formula is C14H19N3S2. The van der Waals surface area contributed by atoms with Crippen molar-refractivity contribution in [3.63, 3.8) is 0 Å². The Balaban J connectivity index is 2.34. The Kier molecular flexibility index (Phi) is 4.96. The van der Waals surface area contributed by atoms with Crippen molar-refractivity contribution < 1.29 is 0 Å². The second-order valence-corrected chi connectivity index (χ2v) is 6.59. The summed E-state index contributed by atoms with van der Waals surface area (Å²) >= 11 is 3.58. The van der Waals surface area contributed by atoms with Crippen LogP contribution >= 0.6 is 23.5 Å². The molecule has 0 atom stereocenters. The third-order valence-corrected chi connectivity index (χ3v) is 4.94. The van der Waals surface area contributed by atoms with Gasteiger partial charge in [0.15, 0.2) is 0 Å². The molecule has 1 aromatic carbocycles. The van der Waals surface area contributed by atoms with E-state index in [4.69, 9.17) is 5.73 Å². The van der Waals surface area contributed by atoms with E-state index in [1.807, 2.05) is 30.4 Å². The molecule has 102 valence electrons. The van der Waals surface area contributed by atoms with Crippen LogP contribution in [0.15, 0.2) is 39.1 Å². The molecule has 2 N–H and O–H groups in total. The Hall–Kier alpha value is -0.910. The fraction of sp³-hybridized carbons (Fsp3) is 0.357. The van der Waals surface area contributed by atoms with Crippen LogP contribution in [0.5, 0.6) is 0 Å². The normalized spacial score (nSPS) is 10.9. The lowest BCUT2D eigenvalue weighted by Gasteiger charge is -2.12. The average molecular weight is 293 g/mol. The van der Waals surface area contributed by atoms with E-state index in [0.717, 1.165) is 16.5 Å². The minimum absolute atomic E-state index is 0.572. The van der Waals surface area contributed by atoms with Gasteiger partial charge in [0.25, 0.3) is 0 Å². The summed E-state index contributed by atoms with van der Waals surface area (Å²) in [6.45, 7) is 4.74. The van der Waals surface area contributed by atoms with Crippen LogP contribution in [-0.2, 0) is 13.6 Å². The van der Waals surface area contributed by atoms with Crippen LogP contribution in [0.2, 0.25) is 0 Å². The maximum absolute atomic E-state index is 5.93. The quantitative estimate of drug-likeness (QED) is 0.858. The van der Waals surface area contributed by atoms with Crippen LogP contribution in [0, 0.1) is 6.92 Å². The lowest BCUT2D eigenvalue weighted by Crippen LogP contribution is -2.01. The highest BCUT2D eigenvalue weighted by molar-refractivity contribution is 8.00. The molecule has 0 aliphatic carbocycles. The zero-order chi connectivity index (χ0) is 13.8. The van der Waals surface area contributed by atoms with Gasteiger partial charge in [-0.2, -0.15) is 5.10 Å². The van der Waals surface area contributed by atoms with Gasteiger partial charge in [-0.3, -0.25) is 4.68 Å². The second-order valence-electron chi connectivity index (χ2n) is 4.22. The average Bonchev–Trinajstić information content (AvgIpc) is 2.69. The van der Waals surface area contributed by atoms with Crippen molar-refractivity contribution in [1.82, 2.24) is 9.78 Å². The lowest BCUT2D eigenvalue weighted by atomic mass is 10.2. The van der Waals surface area contributed by atoms with Crippen LogP contribution in [0.4, 0.5) is 0 Å². The smallest absolute Gasteiger partial charge is 0.0987 e. The first-order chi connectivity index (χ1) is 9.15. The second kappa shape index (κ2) is 6.50. The summed E-state index contributed by atoms with van der Waals surface area (Å²) in [6.07, 6.45) is 0. The molecule has 2 aromatic rings. The topological polar surface area (TPSA) is 43.8 Å². The number of aryl methyl sites for hydroxylation is 2. The molecule has 0 aliphatic heterocycles. The van der Waals surface area contributed by atoms with Crippen molar-refractivity contribution in [2.75, 3.05) is 5.75 Å². The predicted molar refractivity (Wildman–Crippen MR) is 82.8 cm³/mol. The Bertz CT molecular complexity index is 564. The van der Waals surface area contributed by atoms with Crippen molar-refractivity contribution in [1.29, 1.82) is 0 Å². The van der Waals surface area contributed by atoms with Gasteiger partial charge in [-0.05, 0) is 36.4 Å². The van der Waals surface area contributed by atoms with E-state index in [-0.39, 0.29) is 0 Å². The number of benzene rings is 1. The summed E-state index contributed by atoms with van der Waals surface area (Å²) in [7, 11) is 1.97. The van der Waals surface area contributed by atoms with Gasteiger partial charge in [0.2, 0.25) is 0 Å². The van der Waals surface area contributed by atoms with Gasteiger partial charge in [0.1, 0.15) is 0 Å². The van der Waals surface area contributed by atoms with Gasteiger partial charge in [0, 0.05) is 23.4 Å². The molecule has 2 rings (SSSR count). The Morgan fingerprint density at radius 3 is 2.63 bits per heavy atom. The first-order valence-electron chi connectivity index (χ1n) is 6.29. The van der Waals surface area contributed by atoms with Crippen molar-refractivity contribution >= 4 is 23.5 Å². The van der Waals surface area contributed by atoms with E-state index in [2.05, 4.69) is 36.3 Å². The standard InChI is InChI=1S/C14H19N3S2/c1-4-18-12-6-5-7-13(11(12)9-15)19-14-8-10(2)16-17(14)3/h5-8H,4,9,15H2,1-3H3. The van der Waals surface area contributed by atoms with Crippen LogP contribution < -0.4 is 5.73 Å². The molecule has 0 bridgehead atoms. The van der Waals surface area contributed by atoms with Gasteiger partial charge < -0.3 is 5.73 Å². The minimum Gasteiger partial charge on any atom is -0.326 e. The van der Waals surface area contributed by atoms with Crippen molar-refractivity contribution in [2.45, 2.75) is 35.2 Å². The highest BCUT2D eigenvalue weighted by atomic mass is 32.2. The maximum Gasteiger partial charge on any atom is 0.0987 e. The minimum atomic E-state index is 0.572. The number of aromatic nitrogens is 2. The summed E-state index contributed by atoms with van der Waals surface area (Å²) < 4.78 is 1.92. The van der Waals surface area contributed by atoms with E-state index >= 15 is 0 Å². The fourth-order valence-corrected chi connectivity index (χ4v) is 3.94. The largest absolute Gasteiger partial charge is 0.326 e. The van der Waals surface area contributed by atoms with Gasteiger partial charge >= 0.3 is 0 Å². The lowest BCUT2D eigenvalue weighted by molar-refractivity contribution is 0.692. The van der Waals surface area contributed by atoms with Gasteiger partial charge in [-0.1, -0.05) is 24.8 Å². The van der Waals surface area contributed by atoms with Crippen LogP contribution in [0.1, 0.15) is 18.2 Å². The zero-order valence-corrected chi connectivity index (χ0v) is 13.1.